The third kappa shape index (κ3) is 12.8. The summed E-state index contributed by atoms with van der Waals surface area (Å²) in [6.07, 6.45) is 5.27. The Morgan fingerprint density at radius 1 is 0.850 bits per heavy atom. The largest absolute Gasteiger partial charge is 0.444 e. The molecule has 40 heavy (non-hydrogen) atoms. The van der Waals surface area contributed by atoms with E-state index < -0.39 is 35.5 Å². The lowest BCUT2D eigenvalue weighted by Crippen LogP contribution is -2.36. The van der Waals surface area contributed by atoms with Gasteiger partial charge in [-0.05, 0) is 80.6 Å². The fraction of sp³-hybridized carbons (Fsp3) is 0.786. The fourth-order valence-corrected chi connectivity index (χ4v) is 4.36. The van der Waals surface area contributed by atoms with Crippen LogP contribution in [0.4, 0.5) is 9.59 Å². The quantitative estimate of drug-likeness (QED) is 0.294. The normalized spacial score (nSPS) is 16.0. The monoisotopic (exact) mass is 565 g/mol. The molecule has 1 aliphatic rings. The number of Topliss-reactive ketones (excluding diaryl/α,β-unsaturated/α-hetero) is 1. The second-order valence-corrected chi connectivity index (χ2v) is 12.4. The van der Waals surface area contributed by atoms with Gasteiger partial charge in [-0.2, -0.15) is 0 Å². The summed E-state index contributed by atoms with van der Waals surface area (Å²) in [6, 6.07) is -1.43. The zero-order valence-electron chi connectivity index (χ0n) is 25.1. The van der Waals surface area contributed by atoms with Gasteiger partial charge in [0.25, 0.3) is 0 Å². The number of hydrogen-bond acceptors (Lipinski definition) is 9. The van der Waals surface area contributed by atoms with Crippen LogP contribution in [0.1, 0.15) is 130 Å². The van der Waals surface area contributed by atoms with Crippen molar-refractivity contribution in [2.75, 3.05) is 6.54 Å². The number of rotatable bonds is 12. The summed E-state index contributed by atoms with van der Waals surface area (Å²) < 4.78 is 16.6. The van der Waals surface area contributed by atoms with Gasteiger partial charge in [0.1, 0.15) is 29.1 Å². The highest BCUT2D eigenvalue weighted by molar-refractivity contribution is 5.81. The van der Waals surface area contributed by atoms with Crippen LogP contribution in [0.15, 0.2) is 4.42 Å². The van der Waals surface area contributed by atoms with Gasteiger partial charge in [0.15, 0.2) is 0 Å². The van der Waals surface area contributed by atoms with Crippen LogP contribution in [-0.2, 0) is 19.1 Å². The maximum absolute atomic E-state index is 12.9. The zero-order valence-corrected chi connectivity index (χ0v) is 25.1. The molecule has 0 unspecified atom stereocenters. The number of aromatic nitrogens is 2. The molecule has 3 amide bonds. The van der Waals surface area contributed by atoms with Gasteiger partial charge in [-0.25, -0.2) is 9.59 Å². The minimum absolute atomic E-state index is 0.0145. The summed E-state index contributed by atoms with van der Waals surface area (Å²) in [5, 5.41) is 16.7. The lowest BCUT2D eigenvalue weighted by atomic mass is 9.88. The second kappa shape index (κ2) is 15.0. The topological polar surface area (TPSA) is 162 Å². The first-order valence-corrected chi connectivity index (χ1v) is 14.2. The Morgan fingerprint density at radius 2 is 1.43 bits per heavy atom. The number of unbranched alkanes of at least 4 members (excludes halogenated alkanes) is 1. The van der Waals surface area contributed by atoms with Crippen LogP contribution in [0.5, 0.6) is 0 Å². The molecule has 0 bridgehead atoms. The molecule has 12 heteroatoms. The third-order valence-electron chi connectivity index (χ3n) is 6.12. The fourth-order valence-electron chi connectivity index (χ4n) is 4.36. The molecular weight excluding hydrogens is 518 g/mol. The van der Waals surface area contributed by atoms with E-state index in [1.165, 1.54) is 6.92 Å². The molecule has 1 heterocycles. The van der Waals surface area contributed by atoms with Gasteiger partial charge in [0.05, 0.1) is 0 Å². The number of nitrogens with one attached hydrogen (secondary N) is 3. The molecule has 1 aromatic heterocycles. The van der Waals surface area contributed by atoms with Crippen LogP contribution < -0.4 is 16.0 Å². The summed E-state index contributed by atoms with van der Waals surface area (Å²) >= 11 is 0. The summed E-state index contributed by atoms with van der Waals surface area (Å²) in [6.45, 7) is 12.5. The van der Waals surface area contributed by atoms with Crippen LogP contribution in [-0.4, -0.2) is 51.8 Å². The molecule has 3 N–H and O–H groups in total. The number of carbonyl (C=O) groups is 4. The molecule has 1 saturated carbocycles. The first-order chi connectivity index (χ1) is 18.6. The van der Waals surface area contributed by atoms with E-state index in [1.807, 2.05) is 0 Å². The number of ether oxygens (including phenoxy) is 2. The molecule has 0 aliphatic heterocycles. The highest BCUT2D eigenvalue weighted by Crippen LogP contribution is 2.27. The molecule has 1 aliphatic carbocycles. The van der Waals surface area contributed by atoms with Crippen LogP contribution >= 0.6 is 0 Å². The Hall–Kier alpha value is -3.18. The predicted octanol–water partition coefficient (Wildman–Crippen LogP) is 5.05. The number of alkyl carbamates (subject to hydrolysis) is 2. The van der Waals surface area contributed by atoms with Crippen molar-refractivity contribution in [2.24, 2.45) is 5.92 Å². The highest BCUT2D eigenvalue weighted by atomic mass is 16.6. The van der Waals surface area contributed by atoms with Gasteiger partial charge in [0.2, 0.25) is 17.7 Å². The molecule has 1 fully saturated rings. The van der Waals surface area contributed by atoms with Gasteiger partial charge >= 0.3 is 12.2 Å². The van der Waals surface area contributed by atoms with E-state index in [-0.39, 0.29) is 35.8 Å². The van der Waals surface area contributed by atoms with E-state index in [4.69, 9.17) is 13.9 Å². The molecule has 0 saturated heterocycles. The van der Waals surface area contributed by atoms with Crippen LogP contribution in [0.2, 0.25) is 0 Å². The number of hydrogen-bond donors (Lipinski definition) is 3. The van der Waals surface area contributed by atoms with Crippen molar-refractivity contribution in [1.82, 2.24) is 26.1 Å². The first-order valence-electron chi connectivity index (χ1n) is 14.2. The summed E-state index contributed by atoms with van der Waals surface area (Å²) in [4.78, 5) is 49.3. The van der Waals surface area contributed by atoms with Crippen molar-refractivity contribution >= 4 is 23.9 Å². The van der Waals surface area contributed by atoms with E-state index in [0.29, 0.717) is 25.8 Å². The Balaban J connectivity index is 2.09. The first kappa shape index (κ1) is 33.0. The minimum Gasteiger partial charge on any atom is -0.444 e. The summed E-state index contributed by atoms with van der Waals surface area (Å²) in [5.41, 5.74) is -1.29. The summed E-state index contributed by atoms with van der Waals surface area (Å²) in [7, 11) is 0. The van der Waals surface area contributed by atoms with Crippen molar-refractivity contribution in [2.45, 2.75) is 130 Å². The number of ketones is 1. The molecule has 226 valence electrons. The van der Waals surface area contributed by atoms with E-state index in [2.05, 4.69) is 26.1 Å². The van der Waals surface area contributed by atoms with Gasteiger partial charge in [-0.15, -0.1) is 10.2 Å². The lowest BCUT2D eigenvalue weighted by Gasteiger charge is -2.23. The molecule has 0 aromatic carbocycles. The van der Waals surface area contributed by atoms with E-state index in [9.17, 15) is 19.2 Å². The van der Waals surface area contributed by atoms with Crippen molar-refractivity contribution in [3.05, 3.63) is 11.8 Å². The van der Waals surface area contributed by atoms with Crippen molar-refractivity contribution in [3.8, 4) is 0 Å². The third-order valence-corrected chi connectivity index (χ3v) is 6.12. The average Bonchev–Trinajstić information content (AvgIpc) is 3.31. The number of nitrogens with zero attached hydrogens (tertiary/aromatic N) is 2. The maximum atomic E-state index is 12.9. The summed E-state index contributed by atoms with van der Waals surface area (Å²) in [5.74, 6) is -0.0962. The molecule has 2 rings (SSSR count). The van der Waals surface area contributed by atoms with Crippen molar-refractivity contribution in [1.29, 1.82) is 0 Å². The van der Waals surface area contributed by atoms with Crippen molar-refractivity contribution < 1.29 is 33.1 Å². The minimum atomic E-state index is -0.756. The SMILES string of the molecule is CC(=O)C[C@H](NC(=O)C1CCCCC1)c1nnc([C@H](CCCCNC(=O)OC(C)(C)C)NC(=O)OC(C)(C)C)o1. The Bertz CT molecular complexity index is 990. The number of carbonyl (C=O) groups excluding carboxylic acids is 4. The predicted molar refractivity (Wildman–Crippen MR) is 147 cm³/mol. The number of amides is 3. The van der Waals surface area contributed by atoms with Crippen LogP contribution in [0.3, 0.4) is 0 Å². The molecule has 2 atom stereocenters. The van der Waals surface area contributed by atoms with Gasteiger partial charge in [-0.3, -0.25) is 9.59 Å². The van der Waals surface area contributed by atoms with E-state index >= 15 is 0 Å². The standard InChI is InChI=1S/C28H47N5O7/c1-18(34)17-21(30-22(35)19-13-9-8-10-14-19)24-33-32-23(38-24)20(31-26(37)40-28(5,6)7)15-11-12-16-29-25(36)39-27(2,3)4/h19-21H,8-17H2,1-7H3,(H,29,36)(H,30,35)(H,31,37)/t20-,21-/m0/s1. The van der Waals surface area contributed by atoms with Gasteiger partial charge in [0, 0.05) is 18.9 Å². The zero-order chi connectivity index (χ0) is 29.9. The van der Waals surface area contributed by atoms with E-state index in [0.717, 1.165) is 32.1 Å². The Labute approximate surface area is 237 Å². The average molecular weight is 566 g/mol. The second-order valence-electron chi connectivity index (χ2n) is 12.4. The van der Waals surface area contributed by atoms with Gasteiger partial charge < -0.3 is 29.8 Å². The lowest BCUT2D eigenvalue weighted by molar-refractivity contribution is -0.127. The molecule has 12 nitrogen and oxygen atoms in total. The Morgan fingerprint density at radius 3 is 2.00 bits per heavy atom. The Kier molecular flexibility index (Phi) is 12.4. The maximum Gasteiger partial charge on any atom is 0.408 e. The molecular formula is C28H47N5O7. The van der Waals surface area contributed by atoms with Crippen LogP contribution in [0.25, 0.3) is 0 Å². The molecule has 1 aromatic rings. The van der Waals surface area contributed by atoms with E-state index in [1.54, 1.807) is 41.5 Å². The van der Waals surface area contributed by atoms with Crippen molar-refractivity contribution in [3.63, 3.8) is 0 Å². The smallest absolute Gasteiger partial charge is 0.408 e. The van der Waals surface area contributed by atoms with Gasteiger partial charge in [-0.1, -0.05) is 19.3 Å². The molecule has 0 spiro atoms. The molecule has 0 radical (unpaired) electrons. The van der Waals surface area contributed by atoms with Crippen LogP contribution in [0, 0.1) is 5.92 Å². The highest BCUT2D eigenvalue weighted by Gasteiger charge is 2.30.